The molecule has 0 N–H and O–H groups in total. The highest BCUT2D eigenvalue weighted by atomic mass is 15.1. The summed E-state index contributed by atoms with van der Waals surface area (Å²) in [5.74, 6) is 0. The van der Waals surface area contributed by atoms with E-state index in [1.54, 1.807) is 0 Å². The molecule has 0 radical (unpaired) electrons. The number of benzene rings is 1. The van der Waals surface area contributed by atoms with Gasteiger partial charge in [-0.05, 0) is 62.3 Å². The highest BCUT2D eigenvalue weighted by Gasteiger charge is 2.23. The summed E-state index contributed by atoms with van der Waals surface area (Å²) in [5, 5.41) is 0. The molecular formula is C27H32N2. The van der Waals surface area contributed by atoms with Crippen molar-refractivity contribution in [2.45, 2.75) is 27.7 Å². The molecule has 0 atom stereocenters. The lowest BCUT2D eigenvalue weighted by atomic mass is 9.87. The van der Waals surface area contributed by atoms with Crippen molar-refractivity contribution >= 4 is 17.5 Å². The molecule has 0 aliphatic carbocycles. The lowest BCUT2D eigenvalue weighted by Crippen LogP contribution is -2.24. The fourth-order valence-corrected chi connectivity index (χ4v) is 3.19. The molecule has 0 saturated carbocycles. The van der Waals surface area contributed by atoms with Crippen molar-refractivity contribution in [3.05, 3.63) is 108 Å². The smallest absolute Gasteiger partial charge is 0.0638 e. The van der Waals surface area contributed by atoms with Crippen molar-refractivity contribution in [1.82, 2.24) is 0 Å². The van der Waals surface area contributed by atoms with E-state index in [9.17, 15) is 0 Å². The number of allylic oxidation sites excluding steroid dienone is 6. The number of hydrogen-bond acceptors (Lipinski definition) is 2. The van der Waals surface area contributed by atoms with E-state index in [4.69, 9.17) is 0 Å². The van der Waals surface area contributed by atoms with Gasteiger partial charge in [-0.3, -0.25) is 4.99 Å². The number of aliphatic imine (C=N–C) groups is 1. The summed E-state index contributed by atoms with van der Waals surface area (Å²) in [6.07, 6.45) is 12.3. The number of anilines is 1. The normalized spacial score (nSPS) is 14.2. The second-order valence-electron chi connectivity index (χ2n) is 7.32. The minimum absolute atomic E-state index is 0.621. The second-order valence-corrected chi connectivity index (χ2v) is 7.32. The average Bonchev–Trinajstić information content (AvgIpc) is 2.70. The molecule has 0 amide bonds. The quantitative estimate of drug-likeness (QED) is 0.345. The van der Waals surface area contributed by atoms with Gasteiger partial charge in [0.2, 0.25) is 0 Å². The van der Waals surface area contributed by atoms with E-state index < -0.39 is 0 Å². The van der Waals surface area contributed by atoms with Crippen LogP contribution in [0.3, 0.4) is 0 Å². The van der Waals surface area contributed by atoms with E-state index in [0.717, 1.165) is 39.1 Å². The van der Waals surface area contributed by atoms with Crippen LogP contribution in [0.25, 0.3) is 5.57 Å². The van der Waals surface area contributed by atoms with Crippen molar-refractivity contribution in [1.29, 1.82) is 0 Å². The minimum atomic E-state index is 0.621. The molecule has 0 unspecified atom stereocenters. The Morgan fingerprint density at radius 1 is 1.14 bits per heavy atom. The largest absolute Gasteiger partial charge is 0.342 e. The van der Waals surface area contributed by atoms with Crippen LogP contribution in [0.5, 0.6) is 0 Å². The van der Waals surface area contributed by atoms with E-state index in [-0.39, 0.29) is 0 Å². The molecule has 1 heterocycles. The molecule has 1 aromatic carbocycles. The molecule has 2 nitrogen and oxygen atoms in total. The average molecular weight is 385 g/mol. The van der Waals surface area contributed by atoms with Crippen LogP contribution in [-0.2, 0) is 0 Å². The van der Waals surface area contributed by atoms with Crippen LogP contribution in [-0.4, -0.2) is 19.3 Å². The topological polar surface area (TPSA) is 15.6 Å². The zero-order valence-electron chi connectivity index (χ0n) is 18.2. The third kappa shape index (κ3) is 5.68. The van der Waals surface area contributed by atoms with Gasteiger partial charge in [-0.1, -0.05) is 67.8 Å². The predicted octanol–water partition coefficient (Wildman–Crippen LogP) is 7.08. The third-order valence-electron chi connectivity index (χ3n) is 4.79. The summed E-state index contributed by atoms with van der Waals surface area (Å²) < 4.78 is 0. The standard InChI is InChI=1S/C27H32N2/c1-8-24(17-28-9-2)22(6)26-19-29(18-21(5)14-12-13-20(3)4)27-16-11-10-15-25(27)23(26)7/h8-16,19H,5-7,17-18H2,1-4H3/b14-12-,24-8+,28-9?. The molecule has 2 rings (SSSR count). The van der Waals surface area contributed by atoms with Crippen molar-refractivity contribution in [2.24, 2.45) is 4.99 Å². The minimum Gasteiger partial charge on any atom is -0.342 e. The maximum absolute atomic E-state index is 4.39. The summed E-state index contributed by atoms with van der Waals surface area (Å²) in [6, 6.07) is 8.35. The van der Waals surface area contributed by atoms with Crippen LogP contribution in [0.2, 0.25) is 0 Å². The first-order valence-electron chi connectivity index (χ1n) is 9.94. The summed E-state index contributed by atoms with van der Waals surface area (Å²) >= 11 is 0. The van der Waals surface area contributed by atoms with Gasteiger partial charge < -0.3 is 4.90 Å². The molecule has 150 valence electrons. The van der Waals surface area contributed by atoms with Gasteiger partial charge in [0.05, 0.1) is 6.54 Å². The van der Waals surface area contributed by atoms with Crippen molar-refractivity contribution < 1.29 is 0 Å². The van der Waals surface area contributed by atoms with Crippen LogP contribution < -0.4 is 4.90 Å². The van der Waals surface area contributed by atoms with Crippen molar-refractivity contribution in [2.75, 3.05) is 18.0 Å². The molecule has 0 bridgehead atoms. The first-order chi connectivity index (χ1) is 13.9. The van der Waals surface area contributed by atoms with E-state index in [1.807, 2.05) is 20.1 Å². The molecule has 1 aromatic rings. The fourth-order valence-electron chi connectivity index (χ4n) is 3.19. The summed E-state index contributed by atoms with van der Waals surface area (Å²) in [7, 11) is 0. The summed E-state index contributed by atoms with van der Waals surface area (Å²) in [6.45, 7) is 22.4. The van der Waals surface area contributed by atoms with Crippen LogP contribution >= 0.6 is 0 Å². The Kier molecular flexibility index (Phi) is 7.97. The molecular weight excluding hydrogens is 352 g/mol. The third-order valence-corrected chi connectivity index (χ3v) is 4.79. The zero-order chi connectivity index (χ0) is 21.4. The summed E-state index contributed by atoms with van der Waals surface area (Å²) in [4.78, 5) is 6.62. The van der Waals surface area contributed by atoms with E-state index in [1.165, 1.54) is 5.57 Å². The van der Waals surface area contributed by atoms with E-state index in [0.29, 0.717) is 13.1 Å². The molecule has 1 aliphatic heterocycles. The molecule has 0 spiro atoms. The molecule has 29 heavy (non-hydrogen) atoms. The van der Waals surface area contributed by atoms with E-state index in [2.05, 4.69) is 98.2 Å². The van der Waals surface area contributed by atoms with Crippen LogP contribution in [0.15, 0.2) is 107 Å². The van der Waals surface area contributed by atoms with E-state index >= 15 is 0 Å². The van der Waals surface area contributed by atoms with Gasteiger partial charge in [0.25, 0.3) is 0 Å². The Hall–Kier alpha value is -3.13. The monoisotopic (exact) mass is 384 g/mol. The Labute approximate surface area is 176 Å². The maximum Gasteiger partial charge on any atom is 0.0638 e. The van der Waals surface area contributed by atoms with Crippen LogP contribution in [0.1, 0.15) is 33.3 Å². The van der Waals surface area contributed by atoms with Gasteiger partial charge in [-0.15, -0.1) is 0 Å². The van der Waals surface area contributed by atoms with Crippen LogP contribution in [0.4, 0.5) is 5.69 Å². The maximum atomic E-state index is 4.39. The molecule has 0 aromatic heterocycles. The van der Waals surface area contributed by atoms with Crippen LogP contribution in [0, 0.1) is 0 Å². The van der Waals surface area contributed by atoms with Gasteiger partial charge in [0.15, 0.2) is 0 Å². The molecule has 2 heteroatoms. The predicted molar refractivity (Wildman–Crippen MR) is 131 cm³/mol. The molecule has 0 saturated heterocycles. The Bertz CT molecular complexity index is 945. The van der Waals surface area contributed by atoms with Gasteiger partial charge in [-0.25, -0.2) is 0 Å². The Balaban J connectivity index is 2.39. The van der Waals surface area contributed by atoms with Gasteiger partial charge >= 0.3 is 0 Å². The zero-order valence-corrected chi connectivity index (χ0v) is 18.2. The fraction of sp³-hybridized carbons (Fsp3) is 0.222. The number of hydrogen-bond donors (Lipinski definition) is 0. The number of rotatable bonds is 8. The van der Waals surface area contributed by atoms with Gasteiger partial charge in [0, 0.05) is 29.6 Å². The van der Waals surface area contributed by atoms with Crippen molar-refractivity contribution in [3.63, 3.8) is 0 Å². The Morgan fingerprint density at radius 2 is 1.86 bits per heavy atom. The number of nitrogens with zero attached hydrogens (tertiary/aromatic N) is 2. The second kappa shape index (κ2) is 10.4. The lowest BCUT2D eigenvalue weighted by molar-refractivity contribution is 1.03. The number of fused-ring (bicyclic) bond motifs is 1. The molecule has 0 fully saturated rings. The number of para-hydroxylation sites is 1. The van der Waals surface area contributed by atoms with Gasteiger partial charge in [0.1, 0.15) is 0 Å². The Morgan fingerprint density at radius 3 is 2.52 bits per heavy atom. The van der Waals surface area contributed by atoms with Gasteiger partial charge in [-0.2, -0.15) is 0 Å². The lowest BCUT2D eigenvalue weighted by Gasteiger charge is -2.32. The summed E-state index contributed by atoms with van der Waals surface area (Å²) in [5.41, 5.74) is 8.68. The molecule has 1 aliphatic rings. The first-order valence-corrected chi connectivity index (χ1v) is 9.94. The van der Waals surface area contributed by atoms with Crippen molar-refractivity contribution in [3.8, 4) is 0 Å². The highest BCUT2D eigenvalue weighted by molar-refractivity contribution is 5.93. The SMILES string of the molecule is C=C(/C=C\C=C(C)C)CN1C=C(C(=C)/C(=C/C)CN=CC)C(=C)c2ccccc21. The first kappa shape index (κ1) is 22.2. The highest BCUT2D eigenvalue weighted by Crippen LogP contribution is 2.40.